The standard InChI is InChI=1S/C14H21ClN2O3/c1-16-9-10-7-11(15)14(12(8-10)19-3)20-6-4-5-13(18)17-2/h7-8,16H,4-6,9H2,1-3H3,(H,17,18). The van der Waals surface area contributed by atoms with E-state index in [9.17, 15) is 4.79 Å². The fourth-order valence-electron chi connectivity index (χ4n) is 1.75. The number of halogens is 1. The average Bonchev–Trinajstić information content (AvgIpc) is 2.44. The van der Waals surface area contributed by atoms with E-state index < -0.39 is 0 Å². The first-order valence-corrected chi connectivity index (χ1v) is 6.84. The molecule has 0 bridgehead atoms. The van der Waals surface area contributed by atoms with Gasteiger partial charge in [0.1, 0.15) is 0 Å². The van der Waals surface area contributed by atoms with E-state index in [4.69, 9.17) is 21.1 Å². The van der Waals surface area contributed by atoms with Crippen LogP contribution in [0.15, 0.2) is 12.1 Å². The van der Waals surface area contributed by atoms with Crippen molar-refractivity contribution in [2.75, 3.05) is 27.8 Å². The Labute approximate surface area is 124 Å². The Bertz CT molecular complexity index is 452. The third-order valence-corrected chi connectivity index (χ3v) is 3.02. The molecule has 112 valence electrons. The summed E-state index contributed by atoms with van der Waals surface area (Å²) in [4.78, 5) is 11.1. The van der Waals surface area contributed by atoms with E-state index in [1.165, 1.54) is 0 Å². The van der Waals surface area contributed by atoms with Gasteiger partial charge in [0.25, 0.3) is 0 Å². The summed E-state index contributed by atoms with van der Waals surface area (Å²) in [7, 11) is 5.05. The van der Waals surface area contributed by atoms with E-state index >= 15 is 0 Å². The number of hydrogen-bond acceptors (Lipinski definition) is 4. The third kappa shape index (κ3) is 4.90. The summed E-state index contributed by atoms with van der Waals surface area (Å²) in [5.41, 5.74) is 1.02. The van der Waals surface area contributed by atoms with Crippen LogP contribution in [0, 0.1) is 0 Å². The molecule has 0 saturated heterocycles. The molecule has 0 unspecified atom stereocenters. The van der Waals surface area contributed by atoms with Crippen molar-refractivity contribution in [3.8, 4) is 11.5 Å². The number of hydrogen-bond donors (Lipinski definition) is 2. The van der Waals surface area contributed by atoms with Gasteiger partial charge in [0.2, 0.25) is 5.91 Å². The van der Waals surface area contributed by atoms with Crippen molar-refractivity contribution in [2.24, 2.45) is 0 Å². The van der Waals surface area contributed by atoms with Gasteiger partial charge in [0.15, 0.2) is 11.5 Å². The first-order chi connectivity index (χ1) is 9.62. The van der Waals surface area contributed by atoms with Gasteiger partial charge >= 0.3 is 0 Å². The molecule has 0 aliphatic carbocycles. The summed E-state index contributed by atoms with van der Waals surface area (Å²) in [6.07, 6.45) is 1.05. The second kappa shape index (κ2) is 8.66. The number of carbonyl (C=O) groups is 1. The molecule has 6 heteroatoms. The van der Waals surface area contributed by atoms with Crippen molar-refractivity contribution < 1.29 is 14.3 Å². The number of nitrogens with one attached hydrogen (secondary N) is 2. The van der Waals surface area contributed by atoms with E-state index in [0.717, 1.165) is 5.56 Å². The third-order valence-electron chi connectivity index (χ3n) is 2.74. The van der Waals surface area contributed by atoms with Gasteiger partial charge in [-0.05, 0) is 31.2 Å². The Morgan fingerprint density at radius 3 is 2.70 bits per heavy atom. The van der Waals surface area contributed by atoms with Crippen molar-refractivity contribution in [2.45, 2.75) is 19.4 Å². The number of methoxy groups -OCH3 is 1. The summed E-state index contributed by atoms with van der Waals surface area (Å²) in [6, 6.07) is 3.73. The van der Waals surface area contributed by atoms with Crippen LogP contribution < -0.4 is 20.1 Å². The van der Waals surface area contributed by atoms with Crippen LogP contribution in [0.1, 0.15) is 18.4 Å². The van der Waals surface area contributed by atoms with Gasteiger partial charge in [-0.2, -0.15) is 0 Å². The molecule has 0 saturated carbocycles. The molecule has 0 fully saturated rings. The minimum Gasteiger partial charge on any atom is -0.493 e. The second-order valence-corrected chi connectivity index (χ2v) is 4.67. The maximum absolute atomic E-state index is 11.1. The highest BCUT2D eigenvalue weighted by molar-refractivity contribution is 6.32. The summed E-state index contributed by atoms with van der Waals surface area (Å²) in [5.74, 6) is 1.12. The Balaban J connectivity index is 2.66. The topological polar surface area (TPSA) is 59.6 Å². The quantitative estimate of drug-likeness (QED) is 0.721. The Hall–Kier alpha value is -1.46. The molecular formula is C14H21ClN2O3. The van der Waals surface area contributed by atoms with E-state index in [2.05, 4.69) is 10.6 Å². The molecule has 1 amide bonds. The molecule has 0 aromatic heterocycles. The molecule has 5 nitrogen and oxygen atoms in total. The van der Waals surface area contributed by atoms with Gasteiger partial charge in [-0.3, -0.25) is 4.79 Å². The molecule has 0 aliphatic rings. The summed E-state index contributed by atoms with van der Waals surface area (Å²) >= 11 is 6.21. The van der Waals surface area contributed by atoms with E-state index in [-0.39, 0.29) is 5.91 Å². The highest BCUT2D eigenvalue weighted by Crippen LogP contribution is 2.36. The van der Waals surface area contributed by atoms with Crippen LogP contribution in [0.4, 0.5) is 0 Å². The van der Waals surface area contributed by atoms with Crippen LogP contribution in [-0.2, 0) is 11.3 Å². The molecule has 0 atom stereocenters. The lowest BCUT2D eigenvalue weighted by molar-refractivity contribution is -0.120. The fourth-order valence-corrected chi connectivity index (χ4v) is 2.04. The van der Waals surface area contributed by atoms with Gasteiger partial charge < -0.3 is 20.1 Å². The van der Waals surface area contributed by atoms with Crippen LogP contribution >= 0.6 is 11.6 Å². The Morgan fingerprint density at radius 2 is 2.10 bits per heavy atom. The van der Waals surface area contributed by atoms with Crippen LogP contribution in [0.25, 0.3) is 0 Å². The van der Waals surface area contributed by atoms with Crippen LogP contribution in [0.3, 0.4) is 0 Å². The highest BCUT2D eigenvalue weighted by atomic mass is 35.5. The van der Waals surface area contributed by atoms with E-state index in [1.807, 2.05) is 19.2 Å². The van der Waals surface area contributed by atoms with Gasteiger partial charge in [-0.1, -0.05) is 11.6 Å². The lowest BCUT2D eigenvalue weighted by atomic mass is 10.2. The summed E-state index contributed by atoms with van der Waals surface area (Å²) < 4.78 is 10.9. The molecule has 2 N–H and O–H groups in total. The minimum atomic E-state index is -0.00368. The maximum atomic E-state index is 11.1. The molecule has 0 spiro atoms. The maximum Gasteiger partial charge on any atom is 0.219 e. The van der Waals surface area contributed by atoms with E-state index in [0.29, 0.717) is 42.5 Å². The largest absolute Gasteiger partial charge is 0.493 e. The van der Waals surface area contributed by atoms with Crippen molar-refractivity contribution >= 4 is 17.5 Å². The molecule has 0 aliphatic heterocycles. The molecule has 1 aromatic rings. The van der Waals surface area contributed by atoms with Gasteiger partial charge in [0.05, 0.1) is 18.7 Å². The zero-order chi connectivity index (χ0) is 15.0. The van der Waals surface area contributed by atoms with Crippen molar-refractivity contribution in [1.29, 1.82) is 0 Å². The lowest BCUT2D eigenvalue weighted by Crippen LogP contribution is -2.18. The number of carbonyl (C=O) groups excluding carboxylic acids is 1. The molecule has 1 rings (SSSR count). The van der Waals surface area contributed by atoms with Gasteiger partial charge in [-0.25, -0.2) is 0 Å². The SMILES string of the molecule is CNCc1cc(Cl)c(OCCCC(=O)NC)c(OC)c1. The van der Waals surface area contributed by atoms with Crippen molar-refractivity contribution in [1.82, 2.24) is 10.6 Å². The van der Waals surface area contributed by atoms with E-state index in [1.54, 1.807) is 14.2 Å². The van der Waals surface area contributed by atoms with Crippen molar-refractivity contribution in [3.05, 3.63) is 22.7 Å². The smallest absolute Gasteiger partial charge is 0.219 e. The predicted octanol–water partition coefficient (Wildman–Crippen LogP) is 1.97. The van der Waals surface area contributed by atoms with Crippen LogP contribution in [0.5, 0.6) is 11.5 Å². The Kier molecular flexibility index (Phi) is 7.18. The molecule has 1 aromatic carbocycles. The first kappa shape index (κ1) is 16.6. The summed E-state index contributed by atoms with van der Waals surface area (Å²) in [5, 5.41) is 6.13. The number of ether oxygens (including phenoxy) is 2. The number of amides is 1. The number of benzene rings is 1. The summed E-state index contributed by atoms with van der Waals surface area (Å²) in [6.45, 7) is 1.11. The Morgan fingerprint density at radius 1 is 1.35 bits per heavy atom. The highest BCUT2D eigenvalue weighted by Gasteiger charge is 2.12. The lowest BCUT2D eigenvalue weighted by Gasteiger charge is -2.14. The zero-order valence-corrected chi connectivity index (χ0v) is 12.8. The predicted molar refractivity (Wildman–Crippen MR) is 79.6 cm³/mol. The normalized spacial score (nSPS) is 10.2. The number of rotatable bonds is 8. The fraction of sp³-hybridized carbons (Fsp3) is 0.500. The second-order valence-electron chi connectivity index (χ2n) is 4.26. The first-order valence-electron chi connectivity index (χ1n) is 6.46. The monoisotopic (exact) mass is 300 g/mol. The average molecular weight is 301 g/mol. The van der Waals surface area contributed by atoms with Gasteiger partial charge in [-0.15, -0.1) is 0 Å². The molecular weight excluding hydrogens is 280 g/mol. The molecule has 20 heavy (non-hydrogen) atoms. The van der Waals surface area contributed by atoms with Crippen molar-refractivity contribution in [3.63, 3.8) is 0 Å². The van der Waals surface area contributed by atoms with Crippen LogP contribution in [-0.4, -0.2) is 33.7 Å². The molecule has 0 radical (unpaired) electrons. The molecule has 0 heterocycles. The zero-order valence-electron chi connectivity index (χ0n) is 12.1. The minimum absolute atomic E-state index is 0.00368. The van der Waals surface area contributed by atoms with Gasteiger partial charge in [0, 0.05) is 20.0 Å². The van der Waals surface area contributed by atoms with Crippen LogP contribution in [0.2, 0.25) is 5.02 Å².